The lowest BCUT2D eigenvalue weighted by atomic mass is 10.1. The van der Waals surface area contributed by atoms with Gasteiger partial charge in [0.25, 0.3) is 5.91 Å². The minimum absolute atomic E-state index is 0.183. The molecule has 0 spiro atoms. The number of carbonyl (C=O) groups is 2. The monoisotopic (exact) mass is 464 g/mol. The summed E-state index contributed by atoms with van der Waals surface area (Å²) < 4.78 is 40.9. The quantitative estimate of drug-likeness (QED) is 0.551. The Labute approximate surface area is 187 Å². The van der Waals surface area contributed by atoms with Crippen molar-refractivity contribution in [2.45, 2.75) is 19.6 Å². The molecule has 0 aliphatic rings. The third-order valence-electron chi connectivity index (χ3n) is 4.68. The summed E-state index contributed by atoms with van der Waals surface area (Å²) in [6.45, 7) is 1.80. The van der Waals surface area contributed by atoms with Gasteiger partial charge in [0, 0.05) is 17.8 Å². The van der Waals surface area contributed by atoms with Crippen molar-refractivity contribution in [1.29, 1.82) is 0 Å². The molecule has 0 saturated heterocycles. The number of halogens is 4. The van der Waals surface area contributed by atoms with Crippen LogP contribution in [0.15, 0.2) is 60.9 Å². The molecule has 0 aliphatic carbocycles. The van der Waals surface area contributed by atoms with E-state index >= 15 is 0 Å². The van der Waals surface area contributed by atoms with Crippen LogP contribution in [0.4, 0.5) is 18.9 Å². The number of benzene rings is 2. The Kier molecular flexibility index (Phi) is 7.19. The van der Waals surface area contributed by atoms with Gasteiger partial charge in [-0.15, -0.1) is 0 Å². The molecule has 32 heavy (non-hydrogen) atoms. The topological polar surface area (TPSA) is 67.2 Å². The average molecular weight is 465 g/mol. The zero-order chi connectivity index (χ0) is 23.3. The molecule has 1 N–H and O–H groups in total. The highest BCUT2D eigenvalue weighted by Crippen LogP contribution is 2.34. The van der Waals surface area contributed by atoms with Crippen LogP contribution in [-0.4, -0.2) is 39.6 Å². The molecule has 0 unspecified atom stereocenters. The van der Waals surface area contributed by atoms with E-state index in [-0.39, 0.29) is 17.8 Å². The normalized spacial score (nSPS) is 11.3. The standard InChI is InChI=1S/C22H20ClF3N4O2/c1-2-29(14-20(31)28-19-10-6-4-8-17(19)22(24,25)26)21(32)16-11-27-30(13-16)12-15-7-3-5-9-18(15)23/h3-11,13H,2,12,14H2,1H3,(H,28,31). The molecule has 2 aromatic carbocycles. The summed E-state index contributed by atoms with van der Waals surface area (Å²) in [6.07, 6.45) is -1.70. The Balaban J connectivity index is 1.67. The molecule has 0 bridgehead atoms. The maximum absolute atomic E-state index is 13.1. The first-order valence-corrected chi connectivity index (χ1v) is 10.1. The molecule has 3 rings (SSSR count). The van der Waals surface area contributed by atoms with E-state index in [1.807, 2.05) is 12.1 Å². The van der Waals surface area contributed by atoms with E-state index in [1.165, 1.54) is 29.4 Å². The van der Waals surface area contributed by atoms with Gasteiger partial charge in [-0.25, -0.2) is 0 Å². The summed E-state index contributed by atoms with van der Waals surface area (Å²) in [5.41, 5.74) is -0.238. The van der Waals surface area contributed by atoms with Crippen LogP contribution in [0.25, 0.3) is 0 Å². The van der Waals surface area contributed by atoms with Gasteiger partial charge < -0.3 is 10.2 Å². The molecule has 6 nitrogen and oxygen atoms in total. The minimum Gasteiger partial charge on any atom is -0.330 e. The lowest BCUT2D eigenvalue weighted by Gasteiger charge is -2.20. The second-order valence-electron chi connectivity index (χ2n) is 6.93. The van der Waals surface area contributed by atoms with E-state index in [0.29, 0.717) is 11.6 Å². The van der Waals surface area contributed by atoms with E-state index in [1.54, 1.807) is 23.7 Å². The van der Waals surface area contributed by atoms with Crippen molar-refractivity contribution in [1.82, 2.24) is 14.7 Å². The van der Waals surface area contributed by atoms with Gasteiger partial charge in [0.05, 0.1) is 29.6 Å². The summed E-state index contributed by atoms with van der Waals surface area (Å²) in [5, 5.41) is 6.98. The number of hydrogen-bond donors (Lipinski definition) is 1. The van der Waals surface area contributed by atoms with Crippen molar-refractivity contribution in [2.24, 2.45) is 0 Å². The molecular weight excluding hydrogens is 445 g/mol. The third kappa shape index (κ3) is 5.67. The first kappa shape index (κ1) is 23.3. The fourth-order valence-corrected chi connectivity index (χ4v) is 3.27. The second kappa shape index (κ2) is 9.86. The summed E-state index contributed by atoms with van der Waals surface area (Å²) in [7, 11) is 0. The molecular formula is C22H20ClF3N4O2. The van der Waals surface area contributed by atoms with Gasteiger partial charge in [-0.2, -0.15) is 18.3 Å². The zero-order valence-corrected chi connectivity index (χ0v) is 17.8. The molecule has 0 fully saturated rings. The number of carbonyl (C=O) groups excluding carboxylic acids is 2. The van der Waals surface area contributed by atoms with Crippen molar-refractivity contribution in [3.8, 4) is 0 Å². The van der Waals surface area contributed by atoms with Crippen molar-refractivity contribution < 1.29 is 22.8 Å². The van der Waals surface area contributed by atoms with Crippen LogP contribution >= 0.6 is 11.6 Å². The Bertz CT molecular complexity index is 1110. The smallest absolute Gasteiger partial charge is 0.330 e. The highest BCUT2D eigenvalue weighted by Gasteiger charge is 2.33. The molecule has 0 radical (unpaired) electrons. The highest BCUT2D eigenvalue weighted by atomic mass is 35.5. The number of rotatable bonds is 7. The molecule has 168 valence electrons. The zero-order valence-electron chi connectivity index (χ0n) is 17.1. The average Bonchev–Trinajstić information content (AvgIpc) is 3.21. The molecule has 1 aromatic heterocycles. The molecule has 0 aliphatic heterocycles. The van der Waals surface area contributed by atoms with Gasteiger partial charge in [0.1, 0.15) is 6.54 Å². The molecule has 1 heterocycles. The third-order valence-corrected chi connectivity index (χ3v) is 5.05. The molecule has 3 aromatic rings. The van der Waals surface area contributed by atoms with Gasteiger partial charge in [0.2, 0.25) is 5.91 Å². The first-order valence-electron chi connectivity index (χ1n) is 9.70. The number of likely N-dealkylation sites (N-methyl/N-ethyl adjacent to an activating group) is 1. The van der Waals surface area contributed by atoms with Crippen LogP contribution in [0.5, 0.6) is 0 Å². The number of nitrogens with one attached hydrogen (secondary N) is 1. The van der Waals surface area contributed by atoms with E-state index in [4.69, 9.17) is 11.6 Å². The van der Waals surface area contributed by atoms with Gasteiger partial charge in [-0.05, 0) is 30.7 Å². The number of amides is 2. The lowest BCUT2D eigenvalue weighted by molar-refractivity contribution is -0.137. The van der Waals surface area contributed by atoms with Crippen LogP contribution in [0, 0.1) is 0 Å². The van der Waals surface area contributed by atoms with Crippen LogP contribution in [0.3, 0.4) is 0 Å². The number of aromatic nitrogens is 2. The number of alkyl halides is 3. The number of nitrogens with zero attached hydrogens (tertiary/aromatic N) is 3. The van der Waals surface area contributed by atoms with Crippen LogP contribution in [-0.2, 0) is 17.5 Å². The van der Waals surface area contributed by atoms with Crippen molar-refractivity contribution in [3.63, 3.8) is 0 Å². The Morgan fingerprint density at radius 1 is 1.12 bits per heavy atom. The Morgan fingerprint density at radius 2 is 1.81 bits per heavy atom. The molecule has 0 atom stereocenters. The lowest BCUT2D eigenvalue weighted by Crippen LogP contribution is -2.38. The van der Waals surface area contributed by atoms with Gasteiger partial charge in [-0.1, -0.05) is 41.9 Å². The molecule has 2 amide bonds. The van der Waals surface area contributed by atoms with E-state index < -0.39 is 30.1 Å². The Hall–Kier alpha value is -3.33. The van der Waals surface area contributed by atoms with E-state index in [0.717, 1.165) is 17.7 Å². The van der Waals surface area contributed by atoms with Gasteiger partial charge >= 0.3 is 6.18 Å². The molecule has 0 saturated carbocycles. The summed E-state index contributed by atoms with van der Waals surface area (Å²) in [5.74, 6) is -1.20. The van der Waals surface area contributed by atoms with Crippen molar-refractivity contribution in [2.75, 3.05) is 18.4 Å². The second-order valence-corrected chi connectivity index (χ2v) is 7.34. The molecule has 10 heteroatoms. The van der Waals surface area contributed by atoms with Crippen molar-refractivity contribution >= 4 is 29.1 Å². The highest BCUT2D eigenvalue weighted by molar-refractivity contribution is 6.31. The SMILES string of the molecule is CCN(CC(=O)Nc1ccccc1C(F)(F)F)C(=O)c1cnn(Cc2ccccc2Cl)c1. The maximum atomic E-state index is 13.1. The maximum Gasteiger partial charge on any atom is 0.418 e. The summed E-state index contributed by atoms with van der Waals surface area (Å²) >= 11 is 6.15. The van der Waals surface area contributed by atoms with Crippen LogP contribution < -0.4 is 5.32 Å². The number of hydrogen-bond acceptors (Lipinski definition) is 3. The largest absolute Gasteiger partial charge is 0.418 e. The van der Waals surface area contributed by atoms with Crippen molar-refractivity contribution in [3.05, 3.63) is 82.6 Å². The number of para-hydroxylation sites is 1. The fraction of sp³-hybridized carbons (Fsp3) is 0.227. The summed E-state index contributed by atoms with van der Waals surface area (Å²) in [4.78, 5) is 26.4. The summed E-state index contributed by atoms with van der Waals surface area (Å²) in [6, 6.07) is 11.9. The van der Waals surface area contributed by atoms with Gasteiger partial charge in [0.15, 0.2) is 0 Å². The fourth-order valence-electron chi connectivity index (χ4n) is 3.07. The first-order chi connectivity index (χ1) is 15.2. The predicted octanol–water partition coefficient (Wildman–Crippen LogP) is 4.70. The van der Waals surface area contributed by atoms with Gasteiger partial charge in [-0.3, -0.25) is 14.3 Å². The minimum atomic E-state index is -4.61. The van der Waals surface area contributed by atoms with E-state index in [9.17, 15) is 22.8 Å². The van der Waals surface area contributed by atoms with Crippen LogP contribution in [0.2, 0.25) is 5.02 Å². The Morgan fingerprint density at radius 3 is 2.50 bits per heavy atom. The van der Waals surface area contributed by atoms with Crippen LogP contribution in [0.1, 0.15) is 28.4 Å². The number of anilines is 1. The van der Waals surface area contributed by atoms with E-state index in [2.05, 4.69) is 10.4 Å². The predicted molar refractivity (Wildman–Crippen MR) is 114 cm³/mol.